The van der Waals surface area contributed by atoms with Crippen molar-refractivity contribution in [2.24, 2.45) is 5.92 Å². The Bertz CT molecular complexity index is 842. The summed E-state index contributed by atoms with van der Waals surface area (Å²) in [4.78, 5) is 48.4. The molecule has 2 aromatic rings. The number of anilines is 1. The maximum Gasteiger partial charge on any atom is 0.339 e. The maximum absolute atomic E-state index is 12.2. The molecule has 1 aliphatic heterocycles. The van der Waals surface area contributed by atoms with Gasteiger partial charge in [-0.15, -0.1) is 11.3 Å². The molecule has 0 unspecified atom stereocenters. The van der Waals surface area contributed by atoms with Crippen molar-refractivity contribution in [1.29, 1.82) is 0 Å². The van der Waals surface area contributed by atoms with Gasteiger partial charge < -0.3 is 9.74 Å². The molecule has 0 atom stereocenters. The lowest BCUT2D eigenvalue weighted by Crippen LogP contribution is -2.33. The molecule has 0 N–H and O–H groups in total. The van der Waals surface area contributed by atoms with Crippen LogP contribution in [0.4, 0.5) is 5.13 Å². The van der Waals surface area contributed by atoms with Crippen molar-refractivity contribution in [1.82, 2.24) is 10.0 Å². The molecule has 2 heterocycles. The van der Waals surface area contributed by atoms with E-state index in [2.05, 4.69) is 30.7 Å². The Hall–Kier alpha value is -2.74. The molecule has 1 aromatic heterocycles. The van der Waals surface area contributed by atoms with E-state index in [1.165, 1.54) is 23.5 Å². The topological polar surface area (TPSA) is 79.8 Å². The van der Waals surface area contributed by atoms with Crippen molar-refractivity contribution in [3.8, 4) is 0 Å². The third kappa shape index (κ3) is 4.00. The van der Waals surface area contributed by atoms with E-state index < -0.39 is 17.8 Å². The lowest BCUT2D eigenvalue weighted by Gasteiger charge is -2.21. The third-order valence-electron chi connectivity index (χ3n) is 4.05. The van der Waals surface area contributed by atoms with Gasteiger partial charge in [0.2, 0.25) is 0 Å². The fourth-order valence-corrected chi connectivity index (χ4v) is 3.74. The highest BCUT2D eigenvalue weighted by Gasteiger charge is 2.38. The Morgan fingerprint density at radius 1 is 1.22 bits per heavy atom. The van der Waals surface area contributed by atoms with Crippen LogP contribution in [0.15, 0.2) is 29.6 Å². The Balaban J connectivity index is 1.64. The second kappa shape index (κ2) is 7.87. The summed E-state index contributed by atoms with van der Waals surface area (Å²) in [5, 5.41) is 3.16. The van der Waals surface area contributed by atoms with Gasteiger partial charge in [0.1, 0.15) is 0 Å². The summed E-state index contributed by atoms with van der Waals surface area (Å²) in [5.74, 6) is -1.46. The number of aromatic nitrogens is 1. The second-order valence-corrected chi connectivity index (χ2v) is 7.48. The van der Waals surface area contributed by atoms with Gasteiger partial charge in [-0.05, 0) is 25.0 Å². The minimum Gasteiger partial charge on any atom is -0.348 e. The fraction of sp³-hybridized carbons (Fsp3) is 0.368. The molecule has 0 bridgehead atoms. The van der Waals surface area contributed by atoms with E-state index in [4.69, 9.17) is 4.84 Å². The zero-order valence-corrected chi connectivity index (χ0v) is 16.3. The van der Waals surface area contributed by atoms with Crippen LogP contribution in [0.2, 0.25) is 0 Å². The first-order valence-corrected chi connectivity index (χ1v) is 9.66. The van der Waals surface area contributed by atoms with Crippen molar-refractivity contribution in [3.05, 3.63) is 46.5 Å². The molecule has 142 valence electrons. The summed E-state index contributed by atoms with van der Waals surface area (Å²) in [6, 6.07) is 6.37. The van der Waals surface area contributed by atoms with E-state index in [0.717, 1.165) is 18.2 Å². The number of imide groups is 1. The van der Waals surface area contributed by atoms with Crippen LogP contribution in [0.25, 0.3) is 0 Å². The summed E-state index contributed by atoms with van der Waals surface area (Å²) in [6.07, 6.45) is -0.108. The van der Waals surface area contributed by atoms with Crippen molar-refractivity contribution < 1.29 is 19.2 Å². The number of amides is 2. The van der Waals surface area contributed by atoms with Gasteiger partial charge in [-0.1, -0.05) is 31.0 Å². The van der Waals surface area contributed by atoms with Crippen molar-refractivity contribution >= 4 is 34.3 Å². The van der Waals surface area contributed by atoms with Crippen LogP contribution in [-0.2, 0) is 16.1 Å². The summed E-state index contributed by atoms with van der Waals surface area (Å²) >= 11 is 1.46. The molecule has 2 amide bonds. The van der Waals surface area contributed by atoms with E-state index in [1.807, 2.05) is 0 Å². The van der Waals surface area contributed by atoms with Crippen LogP contribution in [0.3, 0.4) is 0 Å². The molecule has 1 aromatic carbocycles. The van der Waals surface area contributed by atoms with Crippen molar-refractivity contribution in [3.63, 3.8) is 0 Å². The fourth-order valence-electron chi connectivity index (χ4n) is 2.84. The van der Waals surface area contributed by atoms with E-state index >= 15 is 0 Å². The number of hydroxylamine groups is 2. The van der Waals surface area contributed by atoms with E-state index in [0.29, 0.717) is 16.7 Å². The van der Waals surface area contributed by atoms with E-state index in [1.54, 1.807) is 17.5 Å². The lowest BCUT2D eigenvalue weighted by atomic mass is 10.1. The number of thiazole rings is 1. The normalized spacial score (nSPS) is 13.3. The maximum atomic E-state index is 12.2. The molecular weight excluding hydrogens is 366 g/mol. The van der Waals surface area contributed by atoms with Gasteiger partial charge >= 0.3 is 5.97 Å². The summed E-state index contributed by atoms with van der Waals surface area (Å²) < 4.78 is 0. The van der Waals surface area contributed by atoms with Gasteiger partial charge in [-0.3, -0.25) is 9.59 Å². The Morgan fingerprint density at radius 2 is 1.85 bits per heavy atom. The zero-order chi connectivity index (χ0) is 19.6. The third-order valence-corrected chi connectivity index (χ3v) is 5.00. The van der Waals surface area contributed by atoms with Crippen LogP contribution < -0.4 is 4.90 Å². The predicted octanol–water partition coefficient (Wildman–Crippen LogP) is 2.92. The second-order valence-electron chi connectivity index (χ2n) is 6.64. The quantitative estimate of drug-likeness (QED) is 0.680. The van der Waals surface area contributed by atoms with E-state index in [9.17, 15) is 14.4 Å². The predicted molar refractivity (Wildman–Crippen MR) is 102 cm³/mol. The largest absolute Gasteiger partial charge is 0.348 e. The molecule has 0 saturated carbocycles. The minimum absolute atomic E-state index is 0.108. The molecule has 0 radical (unpaired) electrons. The summed E-state index contributed by atoms with van der Waals surface area (Å²) in [7, 11) is 0. The average Bonchev–Trinajstić information content (AvgIpc) is 3.19. The smallest absolute Gasteiger partial charge is 0.339 e. The first-order chi connectivity index (χ1) is 12.9. The Morgan fingerprint density at radius 3 is 2.41 bits per heavy atom. The monoisotopic (exact) mass is 387 g/mol. The van der Waals surface area contributed by atoms with Crippen LogP contribution in [0, 0.1) is 5.92 Å². The summed E-state index contributed by atoms with van der Waals surface area (Å²) in [5.41, 5.74) is 1.02. The highest BCUT2D eigenvalue weighted by molar-refractivity contribution is 7.13. The molecule has 27 heavy (non-hydrogen) atoms. The van der Waals surface area contributed by atoms with Gasteiger partial charge in [-0.2, -0.15) is 0 Å². The van der Waals surface area contributed by atoms with Crippen LogP contribution in [0.5, 0.6) is 0 Å². The average molecular weight is 387 g/mol. The highest BCUT2D eigenvalue weighted by Crippen LogP contribution is 2.24. The van der Waals surface area contributed by atoms with Gasteiger partial charge in [-0.25, -0.2) is 9.78 Å². The number of rotatable bonds is 7. The Kier molecular flexibility index (Phi) is 5.55. The van der Waals surface area contributed by atoms with Gasteiger partial charge in [0.15, 0.2) is 5.13 Å². The zero-order valence-electron chi connectivity index (χ0n) is 15.5. The van der Waals surface area contributed by atoms with Crippen LogP contribution in [0.1, 0.15) is 47.2 Å². The van der Waals surface area contributed by atoms with Crippen molar-refractivity contribution in [2.75, 3.05) is 18.0 Å². The van der Waals surface area contributed by atoms with Gasteiger partial charge in [0.25, 0.3) is 11.8 Å². The first-order valence-electron chi connectivity index (χ1n) is 8.78. The standard InChI is InChI=1S/C19H21N3O4S/c1-4-21(10-12(2)3)19-20-13(11-27-19)9-16(23)26-22-17(24)14-7-5-6-8-15(14)18(22)25/h5-8,11-12H,4,9-10H2,1-3H3. The number of benzene rings is 1. The van der Waals surface area contributed by atoms with Gasteiger partial charge in [0, 0.05) is 18.5 Å². The number of hydrogen-bond acceptors (Lipinski definition) is 7. The molecule has 0 spiro atoms. The molecular formula is C19H21N3O4S. The molecule has 8 heteroatoms. The number of carbonyl (C=O) groups is 3. The van der Waals surface area contributed by atoms with Crippen LogP contribution >= 0.6 is 11.3 Å². The number of fused-ring (bicyclic) bond motifs is 1. The SMILES string of the molecule is CCN(CC(C)C)c1nc(CC(=O)ON2C(=O)c3ccccc3C2=O)cs1. The van der Waals surface area contributed by atoms with E-state index in [-0.39, 0.29) is 17.5 Å². The molecule has 0 aliphatic carbocycles. The molecule has 1 aliphatic rings. The van der Waals surface area contributed by atoms with Crippen molar-refractivity contribution in [2.45, 2.75) is 27.2 Å². The van der Waals surface area contributed by atoms with Gasteiger partial charge in [0.05, 0.1) is 23.2 Å². The number of carbonyl (C=O) groups excluding carboxylic acids is 3. The first kappa shape index (κ1) is 19.0. The number of hydrogen-bond donors (Lipinski definition) is 0. The lowest BCUT2D eigenvalue weighted by molar-refractivity contribution is -0.167. The Labute approximate surface area is 161 Å². The van der Waals surface area contributed by atoms with Crippen LogP contribution in [-0.4, -0.2) is 40.9 Å². The summed E-state index contributed by atoms with van der Waals surface area (Å²) in [6.45, 7) is 8.03. The molecule has 0 saturated heterocycles. The number of nitrogens with zero attached hydrogens (tertiary/aromatic N) is 3. The molecule has 3 rings (SSSR count). The molecule has 7 nitrogen and oxygen atoms in total. The highest BCUT2D eigenvalue weighted by atomic mass is 32.1. The molecule has 0 fully saturated rings. The minimum atomic E-state index is -0.701.